The van der Waals surface area contributed by atoms with Crippen LogP contribution >= 0.6 is 0 Å². The maximum absolute atomic E-state index is 14.2. The number of likely N-dealkylation sites (tertiary alicyclic amines) is 2. The largest absolute Gasteiger partial charge is 0.480 e. The van der Waals surface area contributed by atoms with Crippen molar-refractivity contribution in [3.63, 3.8) is 0 Å². The van der Waals surface area contributed by atoms with Crippen LogP contribution in [-0.2, 0) is 44.8 Å². The second-order valence-electron chi connectivity index (χ2n) is 17.3. The van der Waals surface area contributed by atoms with Crippen molar-refractivity contribution in [2.75, 3.05) is 19.6 Å². The number of hydrogen-bond donors (Lipinski definition) is 9. The summed E-state index contributed by atoms with van der Waals surface area (Å²) in [7, 11) is 0. The van der Waals surface area contributed by atoms with Crippen LogP contribution in [0.25, 0.3) is 10.9 Å². The Labute approximate surface area is 362 Å². The quantitative estimate of drug-likeness (QED) is 0.0677. The molecule has 0 spiro atoms. The van der Waals surface area contributed by atoms with Gasteiger partial charge in [-0.2, -0.15) is 0 Å². The standard InChI is InChI=1S/C43H66N10O9/c1-24(2)19-30(38(56)51-33(42(60)53-18-10-15-35(53)43(61)62)21-26-23-47-29-13-6-5-11-27(26)29)48-39(57)32(22-36(46)54)49-37(55)31(20-25(3)4)50-40(58)34-14-9-17-52(34)41(59)28(45)12-7-8-16-44/h5-6,11,13,23-25,28,30-35,47H,7-10,12,14-22,44-45H2,1-4H3,(H2,46,54)(H,48,57)(H,49,55)(H,50,58)(H,51,56)(H,61,62)/t28-,30-,31-,32-,33-,34-,35-/m0/s1. The highest BCUT2D eigenvalue weighted by Gasteiger charge is 2.41. The lowest BCUT2D eigenvalue weighted by Crippen LogP contribution is -2.60. The molecule has 0 aliphatic carbocycles. The van der Waals surface area contributed by atoms with Crippen molar-refractivity contribution >= 4 is 58.2 Å². The van der Waals surface area contributed by atoms with Crippen molar-refractivity contribution < 1.29 is 43.5 Å². The van der Waals surface area contributed by atoms with Gasteiger partial charge in [0.1, 0.15) is 36.3 Å². The molecule has 0 radical (unpaired) electrons. The molecule has 0 unspecified atom stereocenters. The Balaban J connectivity index is 1.53. The summed E-state index contributed by atoms with van der Waals surface area (Å²) in [5.74, 6) is -6.29. The number of aromatic nitrogens is 1. The molecule has 19 heteroatoms. The van der Waals surface area contributed by atoms with Gasteiger partial charge < -0.3 is 58.4 Å². The first kappa shape index (κ1) is 49.1. The van der Waals surface area contributed by atoms with E-state index in [0.29, 0.717) is 57.2 Å². The molecular formula is C43H66N10O9. The van der Waals surface area contributed by atoms with Gasteiger partial charge in [-0.25, -0.2) is 4.79 Å². The summed E-state index contributed by atoms with van der Waals surface area (Å²) in [5.41, 5.74) is 18.8. The summed E-state index contributed by atoms with van der Waals surface area (Å²) >= 11 is 0. The van der Waals surface area contributed by atoms with E-state index in [4.69, 9.17) is 17.2 Å². The third-order valence-corrected chi connectivity index (χ3v) is 11.4. The number of carbonyl (C=O) groups is 8. The van der Waals surface area contributed by atoms with Crippen LogP contribution in [0.4, 0.5) is 0 Å². The Hall–Kier alpha value is -5.56. The maximum Gasteiger partial charge on any atom is 0.326 e. The number of nitrogens with one attached hydrogen (secondary N) is 5. The van der Waals surface area contributed by atoms with Crippen molar-refractivity contribution in [2.24, 2.45) is 29.0 Å². The van der Waals surface area contributed by atoms with Crippen molar-refractivity contribution in [2.45, 2.75) is 141 Å². The molecule has 2 aliphatic rings. The van der Waals surface area contributed by atoms with Crippen molar-refractivity contribution in [1.82, 2.24) is 36.1 Å². The van der Waals surface area contributed by atoms with E-state index < -0.39 is 90.1 Å². The molecule has 2 fully saturated rings. The fourth-order valence-corrected chi connectivity index (χ4v) is 8.26. The van der Waals surface area contributed by atoms with E-state index in [0.717, 1.165) is 10.9 Å². The van der Waals surface area contributed by atoms with Crippen LogP contribution in [0.1, 0.15) is 97.5 Å². The molecule has 342 valence electrons. The smallest absolute Gasteiger partial charge is 0.326 e. The van der Waals surface area contributed by atoms with Crippen molar-refractivity contribution in [1.29, 1.82) is 0 Å². The highest BCUT2D eigenvalue weighted by molar-refractivity contribution is 5.98. The lowest BCUT2D eigenvalue weighted by atomic mass is 9.99. The first-order chi connectivity index (χ1) is 29.4. The molecule has 0 bridgehead atoms. The average molecular weight is 867 g/mol. The summed E-state index contributed by atoms with van der Waals surface area (Å²) in [6.07, 6.45) is 4.76. The number of aromatic amines is 1. The van der Waals surface area contributed by atoms with Gasteiger partial charge in [-0.05, 0) is 81.4 Å². The number of H-pyrrole nitrogens is 1. The Kier molecular flexibility index (Phi) is 18.2. The zero-order chi connectivity index (χ0) is 45.7. The number of aliphatic carboxylic acids is 1. The molecule has 4 rings (SSSR count). The van der Waals surface area contributed by atoms with Gasteiger partial charge in [-0.1, -0.05) is 52.3 Å². The Bertz CT molecular complexity index is 1920. The number of hydrogen-bond acceptors (Lipinski definition) is 10. The number of nitrogens with two attached hydrogens (primary N) is 3. The summed E-state index contributed by atoms with van der Waals surface area (Å²) in [4.78, 5) is 113. The van der Waals surface area contributed by atoms with Gasteiger partial charge in [-0.15, -0.1) is 0 Å². The van der Waals surface area contributed by atoms with Gasteiger partial charge in [0.15, 0.2) is 0 Å². The van der Waals surface area contributed by atoms with Gasteiger partial charge in [-0.3, -0.25) is 33.6 Å². The number of unbranched alkanes of at least 4 members (excludes halogenated alkanes) is 1. The van der Waals surface area contributed by atoms with Crippen LogP contribution in [-0.4, -0.2) is 129 Å². The average Bonchev–Trinajstić information content (AvgIpc) is 4.00. The van der Waals surface area contributed by atoms with Gasteiger partial charge in [0, 0.05) is 36.6 Å². The van der Waals surface area contributed by atoms with Gasteiger partial charge >= 0.3 is 5.97 Å². The molecule has 7 amide bonds. The molecule has 2 aliphatic heterocycles. The molecule has 0 saturated carbocycles. The van der Waals surface area contributed by atoms with E-state index in [9.17, 15) is 43.5 Å². The van der Waals surface area contributed by atoms with Crippen LogP contribution < -0.4 is 38.5 Å². The zero-order valence-corrected chi connectivity index (χ0v) is 36.3. The molecule has 19 nitrogen and oxygen atoms in total. The molecule has 1 aromatic heterocycles. The minimum Gasteiger partial charge on any atom is -0.480 e. The minimum atomic E-state index is -1.56. The normalized spacial score (nSPS) is 18.8. The summed E-state index contributed by atoms with van der Waals surface area (Å²) < 4.78 is 0. The minimum absolute atomic E-state index is 0.0114. The third-order valence-electron chi connectivity index (χ3n) is 11.4. The van der Waals surface area contributed by atoms with Gasteiger partial charge in [0.05, 0.1) is 12.5 Å². The van der Waals surface area contributed by atoms with Crippen LogP contribution in [0.2, 0.25) is 0 Å². The molecule has 1 aromatic carbocycles. The molecule has 3 heterocycles. The molecule has 2 aromatic rings. The first-order valence-electron chi connectivity index (χ1n) is 21.8. The maximum atomic E-state index is 14.2. The number of benzene rings is 1. The molecule has 7 atom stereocenters. The molecular weight excluding hydrogens is 801 g/mol. The van der Waals surface area contributed by atoms with Crippen LogP contribution in [0.5, 0.6) is 0 Å². The van der Waals surface area contributed by atoms with Crippen molar-refractivity contribution in [3.8, 4) is 0 Å². The number of primary amides is 1. The Morgan fingerprint density at radius 3 is 1.90 bits per heavy atom. The second-order valence-corrected chi connectivity index (χ2v) is 17.3. The zero-order valence-electron chi connectivity index (χ0n) is 36.3. The van der Waals surface area contributed by atoms with E-state index in [2.05, 4.69) is 26.3 Å². The van der Waals surface area contributed by atoms with Gasteiger partial charge in [0.25, 0.3) is 0 Å². The SMILES string of the molecule is CC(C)C[C@H](NC(=O)[C@H](CC(N)=O)NC(=O)[C@H](CC(C)C)NC(=O)[C@@H]1CCCN1C(=O)[C@@H](N)CCCCN)C(=O)N[C@@H](Cc1c[nH]c2ccccc12)C(=O)N1CCC[C@H]1C(=O)O. The number of carbonyl (C=O) groups excluding carboxylic acids is 7. The number of carboxylic acid groups (broad SMARTS) is 1. The highest BCUT2D eigenvalue weighted by atomic mass is 16.4. The predicted molar refractivity (Wildman–Crippen MR) is 230 cm³/mol. The summed E-state index contributed by atoms with van der Waals surface area (Å²) in [5, 5.41) is 21.4. The second kappa shape index (κ2) is 23.0. The van der Waals surface area contributed by atoms with Crippen LogP contribution in [0.15, 0.2) is 30.5 Å². The van der Waals surface area contributed by atoms with Crippen LogP contribution in [0.3, 0.4) is 0 Å². The summed E-state index contributed by atoms with van der Waals surface area (Å²) in [6.45, 7) is 8.30. The number of rotatable bonds is 23. The first-order valence-corrected chi connectivity index (χ1v) is 21.8. The molecule has 12 N–H and O–H groups in total. The lowest BCUT2D eigenvalue weighted by molar-refractivity contribution is -0.149. The Morgan fingerprint density at radius 2 is 1.31 bits per heavy atom. The number of nitrogens with zero attached hydrogens (tertiary/aromatic N) is 2. The molecule has 62 heavy (non-hydrogen) atoms. The van der Waals surface area contributed by atoms with Gasteiger partial charge in [0.2, 0.25) is 41.4 Å². The van der Waals surface area contributed by atoms with E-state index >= 15 is 0 Å². The number of amides is 7. The number of fused-ring (bicyclic) bond motifs is 1. The fourth-order valence-electron chi connectivity index (χ4n) is 8.26. The van der Waals surface area contributed by atoms with Crippen molar-refractivity contribution in [3.05, 3.63) is 36.0 Å². The number of carboxylic acids is 1. The monoisotopic (exact) mass is 867 g/mol. The van der Waals surface area contributed by atoms with E-state index in [1.54, 1.807) is 6.20 Å². The summed E-state index contributed by atoms with van der Waals surface area (Å²) in [6, 6.07) is -0.541. The van der Waals surface area contributed by atoms with E-state index in [1.165, 1.54) is 9.80 Å². The third kappa shape index (κ3) is 13.5. The van der Waals surface area contributed by atoms with E-state index in [1.807, 2.05) is 52.0 Å². The van der Waals surface area contributed by atoms with Crippen LogP contribution in [0, 0.1) is 11.8 Å². The number of para-hydroxylation sites is 1. The van der Waals surface area contributed by atoms with E-state index in [-0.39, 0.29) is 50.0 Å². The highest BCUT2D eigenvalue weighted by Crippen LogP contribution is 2.24. The topological polar surface area (TPSA) is 305 Å². The molecule has 2 saturated heterocycles. The Morgan fingerprint density at radius 1 is 0.758 bits per heavy atom. The lowest BCUT2D eigenvalue weighted by Gasteiger charge is -2.30. The predicted octanol–water partition coefficient (Wildman–Crippen LogP) is 0.140. The fraction of sp³-hybridized carbons (Fsp3) is 0.628.